The Balaban J connectivity index is 1.99. The second-order valence-corrected chi connectivity index (χ2v) is 4.31. The Morgan fingerprint density at radius 2 is 2.14 bits per heavy atom. The minimum atomic E-state index is -1.07. The van der Waals surface area contributed by atoms with Crippen LogP contribution in [0.25, 0.3) is 17.2 Å². The maximum atomic E-state index is 11.1. The smallest absolute Gasteiger partial charge is 0.339 e. The van der Waals surface area contributed by atoms with Crippen molar-refractivity contribution in [1.82, 2.24) is 25.2 Å². The number of ether oxygens (including phenoxy) is 1. The van der Waals surface area contributed by atoms with Gasteiger partial charge in [0.1, 0.15) is 17.0 Å². The number of benzene rings is 1. The molecule has 0 fully saturated rings. The number of carboxylic acids is 1. The normalized spacial score (nSPS) is 10.4. The zero-order valence-corrected chi connectivity index (χ0v) is 11.5. The summed E-state index contributed by atoms with van der Waals surface area (Å²) in [5.41, 5.74) is 1.20. The van der Waals surface area contributed by atoms with E-state index in [0.29, 0.717) is 17.2 Å². The summed E-state index contributed by atoms with van der Waals surface area (Å²) < 4.78 is 5.08. The molecule has 0 spiro atoms. The van der Waals surface area contributed by atoms with Gasteiger partial charge < -0.3 is 9.84 Å². The van der Waals surface area contributed by atoms with Crippen LogP contribution in [0.5, 0.6) is 5.75 Å². The van der Waals surface area contributed by atoms with Gasteiger partial charge in [-0.3, -0.25) is 4.98 Å². The average Bonchev–Trinajstić information content (AvgIpc) is 3.05. The molecule has 22 heavy (non-hydrogen) atoms. The first-order valence-corrected chi connectivity index (χ1v) is 6.32. The lowest BCUT2D eigenvalue weighted by Gasteiger charge is -2.06. The fourth-order valence-corrected chi connectivity index (χ4v) is 1.90. The van der Waals surface area contributed by atoms with E-state index in [1.807, 2.05) is 6.07 Å². The van der Waals surface area contributed by atoms with Gasteiger partial charge in [0.05, 0.1) is 12.8 Å². The number of hydrogen-bond donors (Lipinski definition) is 1. The quantitative estimate of drug-likeness (QED) is 0.776. The van der Waals surface area contributed by atoms with Crippen LogP contribution in [-0.4, -0.2) is 43.4 Å². The number of hydrogen-bond acceptors (Lipinski definition) is 6. The van der Waals surface area contributed by atoms with Crippen molar-refractivity contribution < 1.29 is 14.6 Å². The third-order valence-corrected chi connectivity index (χ3v) is 2.95. The number of tetrazole rings is 1. The molecule has 8 heteroatoms. The Bertz CT molecular complexity index is 816. The van der Waals surface area contributed by atoms with E-state index >= 15 is 0 Å². The highest BCUT2D eigenvalue weighted by molar-refractivity contribution is 5.91. The second-order valence-electron chi connectivity index (χ2n) is 4.31. The van der Waals surface area contributed by atoms with E-state index in [0.717, 1.165) is 0 Å². The molecule has 0 saturated heterocycles. The summed E-state index contributed by atoms with van der Waals surface area (Å²) in [7, 11) is 1.40. The molecule has 8 nitrogen and oxygen atoms in total. The zero-order valence-electron chi connectivity index (χ0n) is 11.5. The first kappa shape index (κ1) is 13.7. The number of pyridine rings is 1. The standard InChI is InChI=1S/C14H11N5O3/c1-22-12-8-9(5-6-10(12)14(20)21)19-17-13(16-18-19)11-4-2-3-7-15-11/h2-8H,1H3,(H,20,21). The van der Waals surface area contributed by atoms with Gasteiger partial charge in [-0.15, -0.1) is 15.0 Å². The van der Waals surface area contributed by atoms with E-state index in [9.17, 15) is 4.79 Å². The van der Waals surface area contributed by atoms with Crippen LogP contribution in [0, 0.1) is 0 Å². The molecule has 3 aromatic rings. The SMILES string of the molecule is COc1cc(-n2nnc(-c3ccccn3)n2)ccc1C(=O)O. The molecule has 0 aliphatic heterocycles. The van der Waals surface area contributed by atoms with Crippen molar-refractivity contribution in [3.05, 3.63) is 48.2 Å². The van der Waals surface area contributed by atoms with Gasteiger partial charge in [-0.2, -0.15) is 0 Å². The van der Waals surface area contributed by atoms with Crippen molar-refractivity contribution >= 4 is 5.97 Å². The van der Waals surface area contributed by atoms with E-state index in [2.05, 4.69) is 20.4 Å². The molecule has 0 aliphatic rings. The molecule has 2 aromatic heterocycles. The molecule has 0 bridgehead atoms. The lowest BCUT2D eigenvalue weighted by molar-refractivity contribution is 0.0693. The molecule has 0 radical (unpaired) electrons. The van der Waals surface area contributed by atoms with Gasteiger partial charge in [0.25, 0.3) is 0 Å². The predicted molar refractivity (Wildman–Crippen MR) is 75.9 cm³/mol. The molecule has 0 atom stereocenters. The Kier molecular flexibility index (Phi) is 3.48. The predicted octanol–water partition coefficient (Wildman–Crippen LogP) is 1.43. The number of nitrogens with zero attached hydrogens (tertiary/aromatic N) is 5. The average molecular weight is 297 g/mol. The molecule has 110 valence electrons. The highest BCUT2D eigenvalue weighted by atomic mass is 16.5. The largest absolute Gasteiger partial charge is 0.496 e. The molecule has 1 aromatic carbocycles. The van der Waals surface area contributed by atoms with E-state index in [4.69, 9.17) is 9.84 Å². The van der Waals surface area contributed by atoms with Crippen molar-refractivity contribution in [3.8, 4) is 23.0 Å². The number of rotatable bonds is 4. The number of carbonyl (C=O) groups is 1. The second kappa shape index (κ2) is 5.60. The van der Waals surface area contributed by atoms with Crippen LogP contribution in [0.15, 0.2) is 42.6 Å². The van der Waals surface area contributed by atoms with E-state index < -0.39 is 5.97 Å². The highest BCUT2D eigenvalue weighted by Crippen LogP contribution is 2.22. The van der Waals surface area contributed by atoms with Crippen molar-refractivity contribution in [1.29, 1.82) is 0 Å². The lowest BCUT2D eigenvalue weighted by Crippen LogP contribution is -2.04. The molecular formula is C14H11N5O3. The van der Waals surface area contributed by atoms with Crippen LogP contribution in [-0.2, 0) is 0 Å². The Labute approximate surface area is 125 Å². The topological polar surface area (TPSA) is 103 Å². The number of aromatic carboxylic acids is 1. The van der Waals surface area contributed by atoms with Crippen molar-refractivity contribution in [2.75, 3.05) is 7.11 Å². The van der Waals surface area contributed by atoms with E-state index in [1.165, 1.54) is 24.0 Å². The van der Waals surface area contributed by atoms with Crippen molar-refractivity contribution in [2.24, 2.45) is 0 Å². The van der Waals surface area contributed by atoms with Crippen LogP contribution >= 0.6 is 0 Å². The van der Waals surface area contributed by atoms with Crippen LogP contribution in [0.2, 0.25) is 0 Å². The van der Waals surface area contributed by atoms with Crippen molar-refractivity contribution in [3.63, 3.8) is 0 Å². The van der Waals surface area contributed by atoms with E-state index in [-0.39, 0.29) is 11.3 Å². The van der Waals surface area contributed by atoms with Gasteiger partial charge in [-0.05, 0) is 29.5 Å². The van der Waals surface area contributed by atoms with Gasteiger partial charge >= 0.3 is 5.97 Å². The molecule has 2 heterocycles. The third-order valence-electron chi connectivity index (χ3n) is 2.95. The summed E-state index contributed by atoms with van der Waals surface area (Å²) in [5.74, 6) is -0.465. The van der Waals surface area contributed by atoms with Crippen LogP contribution < -0.4 is 4.74 Å². The first-order chi connectivity index (χ1) is 10.7. The van der Waals surface area contributed by atoms with Crippen LogP contribution in [0.1, 0.15) is 10.4 Å². The molecular weight excluding hydrogens is 286 g/mol. The van der Waals surface area contributed by atoms with Crippen molar-refractivity contribution in [2.45, 2.75) is 0 Å². The van der Waals surface area contributed by atoms with Crippen LogP contribution in [0.3, 0.4) is 0 Å². The van der Waals surface area contributed by atoms with Gasteiger partial charge in [-0.1, -0.05) is 6.07 Å². The zero-order chi connectivity index (χ0) is 15.5. The van der Waals surface area contributed by atoms with Crippen LogP contribution in [0.4, 0.5) is 0 Å². The van der Waals surface area contributed by atoms with Gasteiger partial charge in [-0.25, -0.2) is 4.79 Å². The minimum absolute atomic E-state index is 0.0660. The summed E-state index contributed by atoms with van der Waals surface area (Å²) in [6.45, 7) is 0. The summed E-state index contributed by atoms with van der Waals surface area (Å²) in [6, 6.07) is 9.94. The van der Waals surface area contributed by atoms with Gasteiger partial charge in [0, 0.05) is 12.3 Å². The summed E-state index contributed by atoms with van der Waals surface area (Å²) in [5, 5.41) is 21.2. The Morgan fingerprint density at radius 1 is 1.27 bits per heavy atom. The third kappa shape index (κ3) is 2.49. The molecule has 3 rings (SSSR count). The minimum Gasteiger partial charge on any atom is -0.496 e. The summed E-state index contributed by atoms with van der Waals surface area (Å²) in [4.78, 5) is 16.5. The highest BCUT2D eigenvalue weighted by Gasteiger charge is 2.14. The first-order valence-electron chi connectivity index (χ1n) is 6.32. The maximum absolute atomic E-state index is 11.1. The fourth-order valence-electron chi connectivity index (χ4n) is 1.90. The van der Waals surface area contributed by atoms with E-state index in [1.54, 1.807) is 24.4 Å². The van der Waals surface area contributed by atoms with Gasteiger partial charge in [0.2, 0.25) is 5.82 Å². The molecule has 0 unspecified atom stereocenters. The lowest BCUT2D eigenvalue weighted by atomic mass is 10.2. The summed E-state index contributed by atoms with van der Waals surface area (Å²) >= 11 is 0. The fraction of sp³-hybridized carbons (Fsp3) is 0.0714. The monoisotopic (exact) mass is 297 g/mol. The number of methoxy groups -OCH3 is 1. The number of aromatic nitrogens is 5. The van der Waals surface area contributed by atoms with Gasteiger partial charge in [0.15, 0.2) is 0 Å². The molecule has 1 N–H and O–H groups in total. The molecule has 0 saturated carbocycles. The molecule has 0 aliphatic carbocycles. The Morgan fingerprint density at radius 3 is 2.82 bits per heavy atom. The number of carboxylic acid groups (broad SMARTS) is 1. The Hall–Kier alpha value is -3.29. The maximum Gasteiger partial charge on any atom is 0.339 e. The summed E-state index contributed by atoms with van der Waals surface area (Å²) in [6.07, 6.45) is 1.64. The molecule has 0 amide bonds.